The lowest BCUT2D eigenvalue weighted by atomic mass is 9.79. The summed E-state index contributed by atoms with van der Waals surface area (Å²) in [6, 6.07) is 6.38. The van der Waals surface area contributed by atoms with Gasteiger partial charge in [0.15, 0.2) is 11.6 Å². The summed E-state index contributed by atoms with van der Waals surface area (Å²) in [5.41, 5.74) is 6.59. The van der Waals surface area contributed by atoms with E-state index in [9.17, 15) is 9.90 Å². The molecule has 1 atom stereocenters. The van der Waals surface area contributed by atoms with Crippen LogP contribution in [0, 0.1) is 5.82 Å². The van der Waals surface area contributed by atoms with Gasteiger partial charge in [0, 0.05) is 23.4 Å². The summed E-state index contributed by atoms with van der Waals surface area (Å²) >= 11 is 0. The fourth-order valence-corrected chi connectivity index (χ4v) is 3.39. The molecule has 1 unspecified atom stereocenters. The molecular weight excluding hydrogens is 389 g/mol. The molecule has 3 aromatic rings. The number of hydrogen-bond donors (Lipinski definition) is 2. The van der Waals surface area contributed by atoms with Gasteiger partial charge in [-0.3, -0.25) is 9.78 Å². The minimum atomic E-state index is -1.04. The lowest BCUT2D eigenvalue weighted by molar-refractivity contribution is 0.0851. The van der Waals surface area contributed by atoms with E-state index in [0.29, 0.717) is 5.69 Å². The number of benzene rings is 1. The van der Waals surface area contributed by atoms with E-state index < -0.39 is 11.9 Å². The molecule has 3 N–H and O–H groups in total. The molecule has 1 saturated carbocycles. The summed E-state index contributed by atoms with van der Waals surface area (Å²) in [6.07, 6.45) is 6.20. The smallest absolute Gasteiger partial charge is 0.266 e. The Bertz CT molecular complexity index is 1080. The Balaban J connectivity index is 1.58. The van der Waals surface area contributed by atoms with Crippen LogP contribution in [0.15, 0.2) is 47.7 Å². The number of ether oxygens (including phenoxy) is 1. The number of nitrogen functional groups attached to an aromatic ring is 1. The Labute approximate surface area is 172 Å². The van der Waals surface area contributed by atoms with Crippen LogP contribution in [0.25, 0.3) is 11.3 Å². The Morgan fingerprint density at radius 1 is 1.27 bits per heavy atom. The zero-order chi connectivity index (χ0) is 21.1. The van der Waals surface area contributed by atoms with E-state index in [4.69, 9.17) is 10.5 Å². The molecule has 0 saturated heterocycles. The molecule has 1 aliphatic carbocycles. The van der Waals surface area contributed by atoms with E-state index in [1.54, 1.807) is 6.07 Å². The average Bonchev–Trinajstić information content (AvgIpc) is 2.69. The van der Waals surface area contributed by atoms with Gasteiger partial charge in [0.2, 0.25) is 0 Å². The molecule has 4 rings (SSSR count). The molecule has 2 heterocycles. The van der Waals surface area contributed by atoms with E-state index in [2.05, 4.69) is 15.1 Å². The second kappa shape index (κ2) is 8.58. The highest BCUT2D eigenvalue weighted by atomic mass is 19.1. The third-order valence-corrected chi connectivity index (χ3v) is 5.21. The fourth-order valence-electron chi connectivity index (χ4n) is 3.39. The van der Waals surface area contributed by atoms with Crippen LogP contribution in [0.2, 0.25) is 0 Å². The minimum absolute atomic E-state index is 0.0524. The zero-order valence-electron chi connectivity index (χ0n) is 16.2. The summed E-state index contributed by atoms with van der Waals surface area (Å²) in [7, 11) is 0. The molecule has 2 aromatic heterocycles. The highest BCUT2D eigenvalue weighted by Gasteiger charge is 2.27. The normalized spacial score (nSPS) is 14.9. The van der Waals surface area contributed by atoms with Gasteiger partial charge in [-0.15, -0.1) is 0 Å². The van der Waals surface area contributed by atoms with Crippen LogP contribution >= 0.6 is 0 Å². The number of nitrogens with zero attached hydrogens (tertiary/aromatic N) is 4. The van der Waals surface area contributed by atoms with Gasteiger partial charge in [0.05, 0.1) is 24.6 Å². The number of hydrogen-bond acceptors (Lipinski definition) is 7. The minimum Gasteiger partial charge on any atom is -0.487 e. The van der Waals surface area contributed by atoms with Crippen molar-refractivity contribution in [1.82, 2.24) is 19.7 Å². The SMILES string of the molecule is Nc1cnc(-c2ccc(C3CCC3)c(OCC(O)Cn3ncccc3=O)c2F)cn1. The van der Waals surface area contributed by atoms with E-state index in [-0.39, 0.29) is 41.8 Å². The maximum atomic E-state index is 15.4. The number of aliphatic hydroxyl groups excluding tert-OH is 1. The molecule has 0 aliphatic heterocycles. The van der Waals surface area contributed by atoms with E-state index in [1.807, 2.05) is 6.07 Å². The predicted octanol–water partition coefficient (Wildman–Crippen LogP) is 2.13. The second-order valence-electron chi connectivity index (χ2n) is 7.31. The molecule has 0 bridgehead atoms. The molecule has 1 aliphatic rings. The molecule has 1 fully saturated rings. The van der Waals surface area contributed by atoms with Gasteiger partial charge in [-0.2, -0.15) is 5.10 Å². The van der Waals surface area contributed by atoms with Crippen molar-refractivity contribution >= 4 is 5.82 Å². The predicted molar refractivity (Wildman–Crippen MR) is 108 cm³/mol. The number of rotatable bonds is 7. The van der Waals surface area contributed by atoms with Crippen LogP contribution in [-0.2, 0) is 6.54 Å². The average molecular weight is 411 g/mol. The summed E-state index contributed by atoms with van der Waals surface area (Å²) < 4.78 is 22.3. The zero-order valence-corrected chi connectivity index (χ0v) is 16.2. The van der Waals surface area contributed by atoms with Crippen LogP contribution in [0.1, 0.15) is 30.7 Å². The summed E-state index contributed by atoms with van der Waals surface area (Å²) in [4.78, 5) is 19.9. The topological polar surface area (TPSA) is 116 Å². The Morgan fingerprint density at radius 2 is 2.10 bits per heavy atom. The lowest BCUT2D eigenvalue weighted by Crippen LogP contribution is -2.31. The van der Waals surface area contributed by atoms with Gasteiger partial charge >= 0.3 is 0 Å². The van der Waals surface area contributed by atoms with Gasteiger partial charge in [0.25, 0.3) is 5.56 Å². The summed E-state index contributed by atoms with van der Waals surface area (Å²) in [5, 5.41) is 14.2. The molecule has 0 amide bonds. The Morgan fingerprint density at radius 3 is 2.77 bits per heavy atom. The maximum absolute atomic E-state index is 15.4. The number of anilines is 1. The van der Waals surface area contributed by atoms with Crippen LogP contribution in [-0.4, -0.2) is 37.6 Å². The first-order valence-corrected chi connectivity index (χ1v) is 9.76. The quantitative estimate of drug-likeness (QED) is 0.612. The van der Waals surface area contributed by atoms with E-state index >= 15 is 4.39 Å². The fraction of sp³-hybridized carbons (Fsp3) is 0.333. The first kappa shape index (κ1) is 20.0. The lowest BCUT2D eigenvalue weighted by Gasteiger charge is -2.28. The van der Waals surface area contributed by atoms with Crippen LogP contribution in [0.4, 0.5) is 10.2 Å². The second-order valence-corrected chi connectivity index (χ2v) is 7.31. The molecule has 156 valence electrons. The maximum Gasteiger partial charge on any atom is 0.266 e. The molecule has 1 aromatic carbocycles. The van der Waals surface area contributed by atoms with Crippen molar-refractivity contribution in [3.63, 3.8) is 0 Å². The van der Waals surface area contributed by atoms with Crippen molar-refractivity contribution in [2.24, 2.45) is 0 Å². The summed E-state index contributed by atoms with van der Waals surface area (Å²) in [6.45, 7) is -0.236. The first-order valence-electron chi connectivity index (χ1n) is 9.76. The van der Waals surface area contributed by atoms with Crippen molar-refractivity contribution in [1.29, 1.82) is 0 Å². The van der Waals surface area contributed by atoms with Crippen molar-refractivity contribution in [2.45, 2.75) is 37.8 Å². The van der Waals surface area contributed by atoms with E-state index in [0.717, 1.165) is 29.5 Å². The van der Waals surface area contributed by atoms with E-state index in [1.165, 1.54) is 30.7 Å². The van der Waals surface area contributed by atoms with Crippen molar-refractivity contribution in [3.05, 3.63) is 64.6 Å². The molecular formula is C21H22FN5O3. The van der Waals surface area contributed by atoms with Crippen molar-refractivity contribution in [2.75, 3.05) is 12.3 Å². The summed E-state index contributed by atoms with van der Waals surface area (Å²) in [5.74, 6) is 0.00938. The van der Waals surface area contributed by atoms with Crippen molar-refractivity contribution < 1.29 is 14.2 Å². The number of nitrogens with two attached hydrogens (primary N) is 1. The molecule has 9 heteroatoms. The highest BCUT2D eigenvalue weighted by Crippen LogP contribution is 2.43. The molecule has 0 spiro atoms. The Hall–Kier alpha value is -3.33. The third-order valence-electron chi connectivity index (χ3n) is 5.21. The molecule has 0 radical (unpaired) electrons. The van der Waals surface area contributed by atoms with Gasteiger partial charge in [0.1, 0.15) is 18.5 Å². The van der Waals surface area contributed by atoms with Gasteiger partial charge in [-0.25, -0.2) is 14.1 Å². The molecule has 30 heavy (non-hydrogen) atoms. The van der Waals surface area contributed by atoms with Crippen LogP contribution in [0.3, 0.4) is 0 Å². The standard InChI is InChI=1S/C21H22FN5O3/c22-20-16(17-9-25-18(23)10-24-17)7-6-15(13-3-1-4-13)21(20)30-12-14(28)11-27-19(29)5-2-8-26-27/h2,5-10,13-14,28H,1,3-4,11-12H2,(H2,23,25). The highest BCUT2D eigenvalue weighted by molar-refractivity contribution is 5.64. The number of aliphatic hydroxyl groups is 1. The van der Waals surface area contributed by atoms with Crippen LogP contribution < -0.4 is 16.0 Å². The monoisotopic (exact) mass is 411 g/mol. The Kier molecular flexibility index (Phi) is 5.71. The largest absolute Gasteiger partial charge is 0.487 e. The number of aromatic nitrogens is 4. The van der Waals surface area contributed by atoms with Gasteiger partial charge < -0.3 is 15.6 Å². The number of halogens is 1. The van der Waals surface area contributed by atoms with Gasteiger partial charge in [-0.05, 0) is 30.9 Å². The molecule has 8 nitrogen and oxygen atoms in total. The van der Waals surface area contributed by atoms with Gasteiger partial charge in [-0.1, -0.05) is 12.5 Å². The van der Waals surface area contributed by atoms with Crippen LogP contribution in [0.5, 0.6) is 5.75 Å². The third kappa shape index (κ3) is 4.16. The van der Waals surface area contributed by atoms with Crippen molar-refractivity contribution in [3.8, 4) is 17.0 Å². The first-order chi connectivity index (χ1) is 14.5.